The predicted molar refractivity (Wildman–Crippen MR) is 177 cm³/mol. The Labute approximate surface area is 275 Å². The van der Waals surface area contributed by atoms with Gasteiger partial charge in [0, 0.05) is 44.8 Å². The Morgan fingerprint density at radius 1 is 1.00 bits per heavy atom. The Hall–Kier alpha value is -1.91. The number of piperazine rings is 1. The molecule has 0 aromatic heterocycles. The van der Waals surface area contributed by atoms with Crippen molar-refractivity contribution in [1.82, 2.24) is 25.3 Å². The van der Waals surface area contributed by atoms with Crippen LogP contribution in [0.5, 0.6) is 0 Å². The first kappa shape index (κ1) is 36.6. The van der Waals surface area contributed by atoms with Crippen LogP contribution in [0.15, 0.2) is 24.3 Å². The number of rotatable bonds is 9. The number of piperidine rings is 2. The number of carbonyl (C=O) groups excluding carboxylic acids is 3. The Morgan fingerprint density at radius 2 is 1.64 bits per heavy atom. The minimum Gasteiger partial charge on any atom is -0.390 e. The van der Waals surface area contributed by atoms with Crippen LogP contribution in [0.25, 0.3) is 0 Å². The van der Waals surface area contributed by atoms with Crippen molar-refractivity contribution in [2.24, 2.45) is 5.92 Å². The number of hydrogen-bond donors (Lipinski definition) is 3. The SMILES string of the molecule is CCCCN1C(=O)[C@@H]([C@H](O)C2CCCCC2)NC(=O)C12CCN(C1CCN(Cc3ccc(C(=O)NC)cc3)CC1)CC2.Cl.Cl. The van der Waals surface area contributed by atoms with E-state index >= 15 is 0 Å². The fourth-order valence-corrected chi connectivity index (χ4v) is 7.82. The molecule has 2 atom stereocenters. The molecule has 1 saturated carbocycles. The van der Waals surface area contributed by atoms with Crippen LogP contribution < -0.4 is 10.6 Å². The van der Waals surface area contributed by atoms with E-state index in [1.54, 1.807) is 7.05 Å². The van der Waals surface area contributed by atoms with Crippen LogP contribution in [0.4, 0.5) is 0 Å². The van der Waals surface area contributed by atoms with Gasteiger partial charge in [-0.05, 0) is 81.6 Å². The number of carbonyl (C=O) groups is 3. The summed E-state index contributed by atoms with van der Waals surface area (Å²) in [6.07, 6.45) is 9.71. The fraction of sp³-hybridized carbons (Fsp3) is 0.727. The predicted octanol–water partition coefficient (Wildman–Crippen LogP) is 3.76. The topological polar surface area (TPSA) is 105 Å². The van der Waals surface area contributed by atoms with Gasteiger partial charge in [0.1, 0.15) is 11.6 Å². The second-order valence-corrected chi connectivity index (χ2v) is 13.0. The number of halogens is 2. The van der Waals surface area contributed by atoms with Gasteiger partial charge >= 0.3 is 0 Å². The molecule has 1 aliphatic carbocycles. The average Bonchev–Trinajstić information content (AvgIpc) is 3.03. The molecule has 3 saturated heterocycles. The van der Waals surface area contributed by atoms with Gasteiger partial charge in [0.25, 0.3) is 5.91 Å². The van der Waals surface area contributed by atoms with E-state index in [9.17, 15) is 19.5 Å². The van der Waals surface area contributed by atoms with Crippen LogP contribution in [-0.4, -0.2) is 101 Å². The third-order valence-corrected chi connectivity index (χ3v) is 10.5. The summed E-state index contributed by atoms with van der Waals surface area (Å²) in [5.74, 6) is -0.114. The van der Waals surface area contributed by atoms with Crippen LogP contribution in [0.2, 0.25) is 0 Å². The summed E-state index contributed by atoms with van der Waals surface area (Å²) in [5.41, 5.74) is 1.10. The highest BCUT2D eigenvalue weighted by Crippen LogP contribution is 2.37. The Kier molecular flexibility index (Phi) is 13.8. The minimum absolute atomic E-state index is 0. The monoisotopic (exact) mass is 653 g/mol. The van der Waals surface area contributed by atoms with Crippen molar-refractivity contribution in [3.05, 3.63) is 35.4 Å². The lowest BCUT2D eigenvalue weighted by Crippen LogP contribution is -2.75. The van der Waals surface area contributed by atoms with Gasteiger partial charge in [-0.2, -0.15) is 0 Å². The van der Waals surface area contributed by atoms with Crippen LogP contribution >= 0.6 is 24.8 Å². The first-order valence-corrected chi connectivity index (χ1v) is 16.4. The lowest BCUT2D eigenvalue weighted by Gasteiger charge is -2.54. The van der Waals surface area contributed by atoms with Crippen molar-refractivity contribution in [3.63, 3.8) is 0 Å². The van der Waals surface area contributed by atoms with Gasteiger partial charge in [0.2, 0.25) is 11.8 Å². The maximum Gasteiger partial charge on any atom is 0.251 e. The van der Waals surface area contributed by atoms with Gasteiger partial charge in [-0.3, -0.25) is 19.3 Å². The van der Waals surface area contributed by atoms with Gasteiger partial charge in [0.15, 0.2) is 0 Å². The number of benzene rings is 1. The zero-order valence-corrected chi connectivity index (χ0v) is 28.1. The van der Waals surface area contributed by atoms with Crippen molar-refractivity contribution >= 4 is 42.5 Å². The highest BCUT2D eigenvalue weighted by Gasteiger charge is 2.55. The van der Waals surface area contributed by atoms with E-state index in [0.29, 0.717) is 31.0 Å². The summed E-state index contributed by atoms with van der Waals surface area (Å²) in [7, 11) is 1.65. The third-order valence-electron chi connectivity index (χ3n) is 10.5. The number of nitrogens with one attached hydrogen (secondary N) is 2. The molecule has 3 aliphatic heterocycles. The Balaban J connectivity index is 0.00000264. The van der Waals surface area contributed by atoms with Crippen LogP contribution in [-0.2, 0) is 16.1 Å². The van der Waals surface area contributed by atoms with E-state index in [0.717, 1.165) is 84.1 Å². The minimum atomic E-state index is -0.814. The van der Waals surface area contributed by atoms with Gasteiger partial charge in [-0.25, -0.2) is 0 Å². The van der Waals surface area contributed by atoms with Gasteiger partial charge in [0.05, 0.1) is 6.10 Å². The number of amides is 3. The van der Waals surface area contributed by atoms with Crippen molar-refractivity contribution in [3.8, 4) is 0 Å². The molecule has 3 N–H and O–H groups in total. The first-order valence-electron chi connectivity index (χ1n) is 16.4. The number of likely N-dealkylation sites (tertiary alicyclic amines) is 2. The molecule has 1 spiro atoms. The molecule has 5 rings (SSSR count). The number of hydrogen-bond acceptors (Lipinski definition) is 6. The molecule has 1 aromatic carbocycles. The molecule has 44 heavy (non-hydrogen) atoms. The highest BCUT2D eigenvalue weighted by molar-refractivity contribution is 6.00. The van der Waals surface area contributed by atoms with Crippen LogP contribution in [0.1, 0.15) is 93.5 Å². The molecule has 0 unspecified atom stereocenters. The van der Waals surface area contributed by atoms with Crippen molar-refractivity contribution in [1.29, 1.82) is 0 Å². The second kappa shape index (κ2) is 16.6. The zero-order chi connectivity index (χ0) is 29.7. The summed E-state index contributed by atoms with van der Waals surface area (Å²) < 4.78 is 0. The maximum absolute atomic E-state index is 13.9. The standard InChI is InChI=1S/C33H51N5O4.2ClH/c1-3-4-18-38-31(41)28(29(39)25-8-6-5-7-9-25)35-32(42)33(38)16-21-37(22-17-33)27-14-19-36(20-15-27)23-24-10-12-26(13-11-24)30(40)34-2;;/h10-13,25,27-29,39H,3-9,14-23H2,1-2H3,(H,34,40)(H,35,42);2*1H/t28-,29-;;/m1../s1. The van der Waals surface area contributed by atoms with E-state index in [2.05, 4.69) is 27.4 Å². The summed E-state index contributed by atoms with van der Waals surface area (Å²) >= 11 is 0. The Morgan fingerprint density at radius 3 is 2.23 bits per heavy atom. The zero-order valence-electron chi connectivity index (χ0n) is 26.5. The van der Waals surface area contributed by atoms with Gasteiger partial charge < -0.3 is 25.5 Å². The molecule has 0 radical (unpaired) electrons. The molecule has 9 nitrogen and oxygen atoms in total. The molecule has 11 heteroatoms. The number of aliphatic hydroxyl groups excluding tert-OH is 1. The molecule has 4 fully saturated rings. The molecule has 4 aliphatic rings. The van der Waals surface area contributed by atoms with Crippen molar-refractivity contribution in [2.45, 2.75) is 108 Å². The largest absolute Gasteiger partial charge is 0.390 e. The third kappa shape index (κ3) is 7.89. The summed E-state index contributed by atoms with van der Waals surface area (Å²) in [6.45, 7) is 7.24. The van der Waals surface area contributed by atoms with Gasteiger partial charge in [-0.1, -0.05) is 44.7 Å². The molecule has 3 amide bonds. The molecule has 3 heterocycles. The quantitative estimate of drug-likeness (QED) is 0.375. The van der Waals surface area contributed by atoms with E-state index in [4.69, 9.17) is 0 Å². The summed E-state index contributed by atoms with van der Waals surface area (Å²) in [4.78, 5) is 46.4. The van der Waals surface area contributed by atoms with Crippen molar-refractivity contribution in [2.75, 3.05) is 39.8 Å². The normalized spacial score (nSPS) is 24.2. The molecule has 0 bridgehead atoms. The number of unbranched alkanes of at least 4 members (excludes halogenated alkanes) is 1. The molecule has 248 valence electrons. The van der Waals surface area contributed by atoms with E-state index in [1.165, 1.54) is 12.0 Å². The number of aliphatic hydroxyl groups is 1. The fourth-order valence-electron chi connectivity index (χ4n) is 7.82. The molecular weight excluding hydrogens is 601 g/mol. The Bertz CT molecular complexity index is 1080. The highest BCUT2D eigenvalue weighted by atomic mass is 35.5. The van der Waals surface area contributed by atoms with Crippen LogP contribution in [0, 0.1) is 5.92 Å². The molecular formula is C33H53Cl2N5O4. The lowest BCUT2D eigenvalue weighted by molar-refractivity contribution is -0.166. The number of nitrogens with zero attached hydrogens (tertiary/aromatic N) is 3. The maximum atomic E-state index is 13.9. The van der Waals surface area contributed by atoms with Crippen LogP contribution in [0.3, 0.4) is 0 Å². The first-order chi connectivity index (χ1) is 20.4. The lowest BCUT2D eigenvalue weighted by atomic mass is 9.77. The van der Waals surface area contributed by atoms with E-state index in [1.807, 2.05) is 29.2 Å². The smallest absolute Gasteiger partial charge is 0.251 e. The van der Waals surface area contributed by atoms with E-state index < -0.39 is 17.7 Å². The van der Waals surface area contributed by atoms with Crippen molar-refractivity contribution < 1.29 is 19.5 Å². The second-order valence-electron chi connectivity index (χ2n) is 13.0. The summed E-state index contributed by atoms with van der Waals surface area (Å²) in [6, 6.07) is 7.53. The van der Waals surface area contributed by atoms with Gasteiger partial charge in [-0.15, -0.1) is 24.8 Å². The summed E-state index contributed by atoms with van der Waals surface area (Å²) in [5, 5.41) is 16.9. The molecule has 1 aromatic rings. The van der Waals surface area contributed by atoms with E-state index in [-0.39, 0.29) is 48.5 Å². The average molecular weight is 655 g/mol.